The van der Waals surface area contributed by atoms with E-state index in [0.29, 0.717) is 24.2 Å². The average molecular weight is 449 g/mol. The summed E-state index contributed by atoms with van der Waals surface area (Å²) in [7, 11) is -3.68. The molecule has 0 radical (unpaired) electrons. The highest BCUT2D eigenvalue weighted by molar-refractivity contribution is 8.20. The van der Waals surface area contributed by atoms with Crippen molar-refractivity contribution in [2.45, 2.75) is 53.8 Å². The number of hydrogen-bond acceptors (Lipinski definition) is 5. The van der Waals surface area contributed by atoms with E-state index in [1.165, 1.54) is 6.92 Å². The molecule has 2 aromatic rings. The number of carbonyl (C=O) groups excluding carboxylic acids is 1. The van der Waals surface area contributed by atoms with Crippen LogP contribution in [0.3, 0.4) is 0 Å². The van der Waals surface area contributed by atoms with Crippen LogP contribution in [0.5, 0.6) is 0 Å². The lowest BCUT2D eigenvalue weighted by Crippen LogP contribution is -2.43. The Morgan fingerprint density at radius 2 is 1.66 bits per heavy atom. The van der Waals surface area contributed by atoms with Crippen molar-refractivity contribution in [1.82, 2.24) is 0 Å². The maximum atomic E-state index is 13.9. The molecule has 3 rings (SSSR count). The Kier molecular flexibility index (Phi) is 7.52. The van der Waals surface area contributed by atoms with Crippen LogP contribution in [0.15, 0.2) is 59.5 Å². The highest BCUT2D eigenvalue weighted by atomic mass is 32.2. The number of sulfone groups is 1. The zero-order valence-electron chi connectivity index (χ0n) is 17.0. The van der Waals surface area contributed by atoms with Gasteiger partial charge in [0, 0.05) is 17.9 Å². The van der Waals surface area contributed by atoms with Crippen LogP contribution >= 0.6 is 23.5 Å². The van der Waals surface area contributed by atoms with E-state index in [4.69, 9.17) is 0 Å². The lowest BCUT2D eigenvalue weighted by molar-refractivity contribution is -0.117. The van der Waals surface area contributed by atoms with Crippen LogP contribution < -0.4 is 0 Å². The summed E-state index contributed by atoms with van der Waals surface area (Å²) in [6, 6.07) is 17.0. The van der Waals surface area contributed by atoms with E-state index >= 15 is 0 Å². The summed E-state index contributed by atoms with van der Waals surface area (Å²) in [5.74, 6) is 2.01. The lowest BCUT2D eigenvalue weighted by Gasteiger charge is -2.35. The quantitative estimate of drug-likeness (QED) is 0.520. The van der Waals surface area contributed by atoms with E-state index in [1.807, 2.05) is 72.9 Å². The number of aryl methyl sites for hydroxylation is 2. The zero-order chi connectivity index (χ0) is 20.9. The first-order valence-corrected chi connectivity index (χ1v) is 13.5. The number of thioether (sulfide) groups is 2. The third kappa shape index (κ3) is 5.47. The minimum atomic E-state index is -3.68. The third-order valence-corrected chi connectivity index (χ3v) is 11.0. The summed E-state index contributed by atoms with van der Waals surface area (Å²) in [6.45, 7) is 3.46. The van der Waals surface area contributed by atoms with Crippen molar-refractivity contribution in [3.05, 3.63) is 65.7 Å². The molecular formula is C23H28O3S3. The predicted octanol–water partition coefficient (Wildman–Crippen LogP) is 5.32. The minimum Gasteiger partial charge on any atom is -0.300 e. The Morgan fingerprint density at radius 3 is 2.24 bits per heavy atom. The van der Waals surface area contributed by atoms with E-state index in [9.17, 15) is 13.2 Å². The Balaban J connectivity index is 2.02. The molecule has 2 aromatic carbocycles. The number of hydrogen-bond donors (Lipinski definition) is 0. The zero-order valence-corrected chi connectivity index (χ0v) is 19.4. The molecule has 0 saturated carbocycles. The molecule has 1 saturated heterocycles. The highest BCUT2D eigenvalue weighted by Gasteiger charge is 2.47. The van der Waals surface area contributed by atoms with E-state index in [1.54, 1.807) is 12.1 Å². The normalized spacial score (nSPS) is 17.2. The van der Waals surface area contributed by atoms with Crippen LogP contribution in [0.2, 0.25) is 0 Å². The second kappa shape index (κ2) is 9.71. The molecule has 1 unspecified atom stereocenters. The Bertz CT molecular complexity index is 918. The van der Waals surface area contributed by atoms with Gasteiger partial charge in [-0.25, -0.2) is 8.42 Å². The van der Waals surface area contributed by atoms with Crippen molar-refractivity contribution < 1.29 is 13.2 Å². The van der Waals surface area contributed by atoms with Gasteiger partial charge < -0.3 is 0 Å². The Hall–Kier alpha value is -1.24. The fraction of sp³-hybridized carbons (Fsp3) is 0.435. The van der Waals surface area contributed by atoms with Gasteiger partial charge in [-0.3, -0.25) is 4.79 Å². The van der Waals surface area contributed by atoms with Gasteiger partial charge >= 0.3 is 0 Å². The van der Waals surface area contributed by atoms with Gasteiger partial charge in [-0.2, -0.15) is 0 Å². The van der Waals surface area contributed by atoms with Gasteiger partial charge in [0.2, 0.25) is 0 Å². The van der Waals surface area contributed by atoms with E-state index in [2.05, 4.69) is 0 Å². The van der Waals surface area contributed by atoms with Crippen LogP contribution in [0, 0.1) is 6.92 Å². The average Bonchev–Trinajstić information content (AvgIpc) is 3.19. The fourth-order valence-electron chi connectivity index (χ4n) is 3.87. The Morgan fingerprint density at radius 1 is 1.03 bits per heavy atom. The summed E-state index contributed by atoms with van der Waals surface area (Å²) >= 11 is 3.64. The Labute approximate surface area is 183 Å². The lowest BCUT2D eigenvalue weighted by atomic mass is 9.91. The van der Waals surface area contributed by atoms with Gasteiger partial charge in [0.1, 0.15) is 5.78 Å². The van der Waals surface area contributed by atoms with Crippen LogP contribution in [-0.2, 0) is 21.1 Å². The monoisotopic (exact) mass is 448 g/mol. The molecule has 1 aliphatic rings. The molecule has 0 amide bonds. The van der Waals surface area contributed by atoms with Gasteiger partial charge in [-0.1, -0.05) is 48.0 Å². The molecule has 3 nitrogen and oxygen atoms in total. The van der Waals surface area contributed by atoms with E-state index in [0.717, 1.165) is 22.6 Å². The summed E-state index contributed by atoms with van der Waals surface area (Å²) in [4.78, 5) is 12.6. The molecule has 0 bridgehead atoms. The standard InChI is InChI=1S/C23H28O3S3/c1-18-8-10-21(11-9-18)29(25,26)23(16-19(2)24,17-22-27-14-15-28-22)13-12-20-6-4-3-5-7-20/h3-11,22H,12-17H2,1-2H3. The van der Waals surface area contributed by atoms with Crippen molar-refractivity contribution in [1.29, 1.82) is 0 Å². The van der Waals surface area contributed by atoms with Gasteiger partial charge in [0.25, 0.3) is 0 Å². The highest BCUT2D eigenvalue weighted by Crippen LogP contribution is 2.45. The molecular weight excluding hydrogens is 420 g/mol. The maximum absolute atomic E-state index is 13.9. The van der Waals surface area contributed by atoms with Crippen LogP contribution in [0.4, 0.5) is 0 Å². The second-order valence-corrected chi connectivity index (χ2v) is 13.0. The SMILES string of the molecule is CC(=O)CC(CCc1ccccc1)(CC1SCCS1)S(=O)(=O)c1ccc(C)cc1. The molecule has 1 aliphatic heterocycles. The maximum Gasteiger partial charge on any atom is 0.184 e. The molecule has 156 valence electrons. The third-order valence-electron chi connectivity index (χ3n) is 5.41. The summed E-state index contributed by atoms with van der Waals surface area (Å²) in [5.41, 5.74) is 2.12. The smallest absolute Gasteiger partial charge is 0.184 e. The molecule has 1 fully saturated rings. The number of rotatable bonds is 9. The molecule has 0 spiro atoms. The minimum absolute atomic E-state index is 0.0632. The number of ketones is 1. The molecule has 0 aromatic heterocycles. The van der Waals surface area contributed by atoms with Crippen molar-refractivity contribution in [3.63, 3.8) is 0 Å². The molecule has 29 heavy (non-hydrogen) atoms. The first kappa shape index (κ1) is 22.4. The van der Waals surface area contributed by atoms with E-state index in [-0.39, 0.29) is 16.8 Å². The molecule has 0 aliphatic carbocycles. The van der Waals surface area contributed by atoms with Gasteiger partial charge in [-0.15, -0.1) is 23.5 Å². The van der Waals surface area contributed by atoms with Crippen LogP contribution in [-0.4, -0.2) is 35.0 Å². The van der Waals surface area contributed by atoms with E-state index < -0.39 is 14.6 Å². The molecule has 1 atom stereocenters. The first-order chi connectivity index (χ1) is 13.8. The van der Waals surface area contributed by atoms with Crippen LogP contribution in [0.25, 0.3) is 0 Å². The first-order valence-electron chi connectivity index (χ1n) is 9.90. The molecule has 6 heteroatoms. The number of benzene rings is 2. The fourth-order valence-corrected chi connectivity index (χ4v) is 9.36. The largest absolute Gasteiger partial charge is 0.300 e. The van der Waals surface area contributed by atoms with Crippen molar-refractivity contribution in [3.8, 4) is 0 Å². The predicted molar refractivity (Wildman–Crippen MR) is 124 cm³/mol. The van der Waals surface area contributed by atoms with Gasteiger partial charge in [0.15, 0.2) is 9.84 Å². The van der Waals surface area contributed by atoms with Gasteiger partial charge in [-0.05, 0) is 50.8 Å². The van der Waals surface area contributed by atoms with Crippen molar-refractivity contribution in [2.24, 2.45) is 0 Å². The number of Topliss-reactive ketones (excluding diaryl/α,β-unsaturated/α-hetero) is 1. The van der Waals surface area contributed by atoms with Crippen molar-refractivity contribution >= 4 is 39.1 Å². The summed E-state index contributed by atoms with van der Waals surface area (Å²) in [6.07, 6.45) is 1.66. The number of carbonyl (C=O) groups is 1. The summed E-state index contributed by atoms with van der Waals surface area (Å²) in [5, 5.41) is 0. The topological polar surface area (TPSA) is 51.2 Å². The van der Waals surface area contributed by atoms with Crippen molar-refractivity contribution in [2.75, 3.05) is 11.5 Å². The molecule has 0 N–H and O–H groups in total. The summed E-state index contributed by atoms with van der Waals surface area (Å²) < 4.78 is 27.0. The van der Waals surface area contributed by atoms with Gasteiger partial charge in [0.05, 0.1) is 14.2 Å². The molecule has 1 heterocycles. The van der Waals surface area contributed by atoms with Crippen LogP contribution in [0.1, 0.15) is 37.3 Å². The second-order valence-electron chi connectivity index (χ2n) is 7.74.